The first-order chi connectivity index (χ1) is 69.4. The van der Waals surface area contributed by atoms with Crippen molar-refractivity contribution in [1.82, 2.24) is 90.0 Å². The molecule has 8 aromatic heterocycles. The SMILES string of the molecule is CN(C)CCCn1c(CCc2ccccc2)nc2cc(/C=C/C(=O)NO)ccc21.O=C(/C=C/c1ccc2c(c1)nc(-c1ccsc1)n2CCCO)NO.O=C(/C=C/c1ccc2c(c1)nc(CCc1ccccc1)n2CCc1ccccn1)NO.O=C(/C=C/c1ccc2c(c1)nc(CCc1ccccc1)n2Cc1ccccn1)NO.O=C(/C=C/c1ccc2c(c1)nc(COCc1ccccc1)n2CCCO)NO. The number of pyridine rings is 2. The zero-order valence-corrected chi connectivity index (χ0v) is 79.6. The lowest BCUT2D eigenvalue weighted by Crippen LogP contribution is -2.16. The normalized spacial score (nSPS) is 11.4. The first-order valence-corrected chi connectivity index (χ1v) is 47.4. The van der Waals surface area contributed by atoms with Crippen LogP contribution in [0.25, 0.3) is 96.9 Å². The fourth-order valence-corrected chi connectivity index (χ4v) is 16.5. The molecule has 9 aromatic carbocycles. The second kappa shape index (κ2) is 54.4. The van der Waals surface area contributed by atoms with Crippen molar-refractivity contribution in [3.8, 4) is 11.4 Å². The van der Waals surface area contributed by atoms with E-state index in [0.717, 1.165) is 206 Å². The van der Waals surface area contributed by atoms with E-state index in [4.69, 9.17) is 55.8 Å². The lowest BCUT2D eigenvalue weighted by molar-refractivity contribution is -0.124. The first-order valence-electron chi connectivity index (χ1n) is 46.5. The van der Waals surface area contributed by atoms with Crippen molar-refractivity contribution in [3.63, 3.8) is 0 Å². The molecular formula is C110H114N18O13S. The number of aryl methyl sites for hydroxylation is 11. The number of aliphatic hydroxyl groups is 2. The van der Waals surface area contributed by atoms with Crippen molar-refractivity contribution in [3.05, 3.63) is 393 Å². The third-order valence-electron chi connectivity index (χ3n) is 22.9. The summed E-state index contributed by atoms with van der Waals surface area (Å²) in [5.74, 6) is 1.90. The average molecular weight is 1930 g/mol. The molecule has 12 N–H and O–H groups in total. The van der Waals surface area contributed by atoms with Crippen LogP contribution in [0.15, 0.2) is 308 Å². The molecule has 17 rings (SSSR count). The predicted molar refractivity (Wildman–Crippen MR) is 551 cm³/mol. The van der Waals surface area contributed by atoms with Crippen LogP contribution in [0.4, 0.5) is 0 Å². The molecule has 8 heterocycles. The summed E-state index contributed by atoms with van der Waals surface area (Å²) in [5.41, 5.74) is 29.5. The van der Waals surface area contributed by atoms with Crippen LogP contribution in [-0.2, 0) is 120 Å². The highest BCUT2D eigenvalue weighted by atomic mass is 32.1. The molecule has 0 saturated heterocycles. The number of hydrogen-bond acceptors (Lipinski definition) is 22. The molecule has 0 aliphatic carbocycles. The molecule has 31 nitrogen and oxygen atoms in total. The fraction of sp³-hybridized carbons (Fsp3) is 0.200. The Hall–Kier alpha value is -16.0. The second-order valence-corrected chi connectivity index (χ2v) is 34.0. The zero-order chi connectivity index (χ0) is 99.6. The Balaban J connectivity index is 0.000000149. The van der Waals surface area contributed by atoms with Gasteiger partial charge in [0.2, 0.25) is 0 Å². The van der Waals surface area contributed by atoms with Crippen LogP contribution < -0.4 is 27.4 Å². The number of fused-ring (bicyclic) bond motifs is 5. The number of carbonyl (C=O) groups is 5. The number of rotatable bonds is 39. The van der Waals surface area contributed by atoms with Gasteiger partial charge < -0.3 is 42.7 Å². The molecule has 142 heavy (non-hydrogen) atoms. The fourth-order valence-electron chi connectivity index (χ4n) is 15.9. The maximum absolute atomic E-state index is 11.3. The van der Waals surface area contributed by atoms with Gasteiger partial charge in [-0.25, -0.2) is 52.3 Å². The molecule has 0 aliphatic rings. The Morgan fingerprint density at radius 2 is 0.683 bits per heavy atom. The number of amides is 5. The Kier molecular flexibility index (Phi) is 39.6. The van der Waals surface area contributed by atoms with Crippen LogP contribution in [0.1, 0.15) is 104 Å². The lowest BCUT2D eigenvalue weighted by atomic mass is 10.1. The monoisotopic (exact) mass is 1930 g/mol. The van der Waals surface area contributed by atoms with Crippen molar-refractivity contribution in [1.29, 1.82) is 0 Å². The van der Waals surface area contributed by atoms with Crippen LogP contribution in [0.3, 0.4) is 0 Å². The molecule has 728 valence electrons. The number of hydrogen-bond donors (Lipinski definition) is 12. The summed E-state index contributed by atoms with van der Waals surface area (Å²) in [5, 5.41) is 65.4. The second-order valence-electron chi connectivity index (χ2n) is 33.2. The van der Waals surface area contributed by atoms with Gasteiger partial charge in [0.15, 0.2) is 0 Å². The summed E-state index contributed by atoms with van der Waals surface area (Å²) < 4.78 is 16.8. The summed E-state index contributed by atoms with van der Waals surface area (Å²) in [6.07, 6.45) is 26.6. The summed E-state index contributed by atoms with van der Waals surface area (Å²) in [6, 6.07) is 84.3. The number of carbonyl (C=O) groups excluding carboxylic acids is 5. The van der Waals surface area contributed by atoms with Gasteiger partial charge in [-0.05, 0) is 236 Å². The summed E-state index contributed by atoms with van der Waals surface area (Å²) in [6.45, 7) is 5.76. The van der Waals surface area contributed by atoms with Crippen molar-refractivity contribution in [2.75, 3.05) is 33.9 Å². The molecule has 5 amide bonds. The molecule has 32 heteroatoms. The molecule has 0 saturated carbocycles. The van der Waals surface area contributed by atoms with Gasteiger partial charge in [-0.2, -0.15) is 11.3 Å². The van der Waals surface area contributed by atoms with Gasteiger partial charge in [-0.15, -0.1) is 0 Å². The van der Waals surface area contributed by atoms with E-state index in [9.17, 15) is 29.1 Å². The van der Waals surface area contributed by atoms with E-state index in [0.29, 0.717) is 45.7 Å². The number of imidazole rings is 5. The highest BCUT2D eigenvalue weighted by molar-refractivity contribution is 7.08. The Morgan fingerprint density at radius 1 is 0.345 bits per heavy atom. The number of benzene rings is 9. The van der Waals surface area contributed by atoms with Crippen molar-refractivity contribution in [2.45, 2.75) is 110 Å². The zero-order valence-electron chi connectivity index (χ0n) is 78.8. The highest BCUT2D eigenvalue weighted by Crippen LogP contribution is 2.31. The molecule has 0 radical (unpaired) electrons. The van der Waals surface area contributed by atoms with Crippen molar-refractivity contribution >= 4 is 126 Å². The van der Waals surface area contributed by atoms with Crippen LogP contribution in [-0.4, -0.2) is 162 Å². The summed E-state index contributed by atoms with van der Waals surface area (Å²) in [4.78, 5) is 91.2. The van der Waals surface area contributed by atoms with Crippen molar-refractivity contribution < 1.29 is 65.0 Å². The van der Waals surface area contributed by atoms with E-state index in [-0.39, 0.29) is 13.2 Å². The number of aliphatic hydroxyl groups excluding tert-OH is 2. The smallest absolute Gasteiger partial charge is 0.267 e. The quantitative estimate of drug-likeness (QED) is 0.00967. The van der Waals surface area contributed by atoms with E-state index >= 15 is 0 Å². The number of hydroxylamine groups is 5. The molecule has 0 fully saturated rings. The highest BCUT2D eigenvalue weighted by Gasteiger charge is 2.20. The van der Waals surface area contributed by atoms with Crippen LogP contribution in [0, 0.1) is 0 Å². The van der Waals surface area contributed by atoms with Gasteiger partial charge in [-0.3, -0.25) is 60.0 Å². The molecule has 0 spiro atoms. The third kappa shape index (κ3) is 30.8. The standard InChI is InChI=1S/C25H24N4O2.C24H22N4O2.C23H28N4O2.C21H23N3O4.C17H17N3O3S/c30-25(28-31)14-11-20-9-12-23-22(18-20)27-24(13-10-19-6-2-1-3-7-19)29(23)17-15-21-8-4-5-16-26-21;29-24(27-30)14-11-19-9-12-22-21(16-19)26-23(13-10-18-6-2-1-3-7-18)28(22)17-20-8-4-5-15-25-20;1-26(2)15-6-16-27-21-12-9-19(11-14-23(28)25-29)17-20(21)24-22(27)13-10-18-7-4-3-5-8-18;25-12-4-11-24-19-9-7-16(8-10-21(26)23-27)13-18(19)22-20(24)15-28-14-17-5-2-1-3-6-17;21-8-1-7-20-15-4-2-12(3-5-16(22)19-23)10-14(15)18-17(20)13-6-9-24-11-13/h1-9,11-12,14,16,18,31H,10,13,15,17H2,(H,28,30);1-9,11-12,14-16,30H,10,13,17H2,(H,27,29);3-5,7-9,11-12,14,17,29H,6,10,13,15-16H2,1-2H3,(H,25,28);1-3,5-10,13,25,27H,4,11-12,14-15H2,(H,23,26);2-6,9-11,21,23H,1,7-8H2,(H,19,22)/b3*14-11+;10-8+;5-3+. The van der Waals surface area contributed by atoms with Crippen LogP contribution >= 0.6 is 11.3 Å². The van der Waals surface area contributed by atoms with Gasteiger partial charge in [-0.1, -0.05) is 164 Å². The molecule has 0 unspecified atom stereocenters. The molecular weight excluding hydrogens is 1810 g/mol. The van der Waals surface area contributed by atoms with Gasteiger partial charge in [0.05, 0.1) is 74.0 Å². The minimum Gasteiger partial charge on any atom is -0.396 e. The van der Waals surface area contributed by atoms with Crippen LogP contribution in [0.5, 0.6) is 0 Å². The van der Waals surface area contributed by atoms with E-state index in [1.54, 1.807) is 75.3 Å². The van der Waals surface area contributed by atoms with E-state index < -0.39 is 29.5 Å². The van der Waals surface area contributed by atoms with E-state index in [1.807, 2.05) is 210 Å². The summed E-state index contributed by atoms with van der Waals surface area (Å²) in [7, 11) is 4.17. The van der Waals surface area contributed by atoms with Crippen LogP contribution in [0.2, 0.25) is 0 Å². The number of aromatic nitrogens is 12. The molecule has 17 aromatic rings. The maximum Gasteiger partial charge on any atom is 0.267 e. The Bertz CT molecular complexity index is 7110. The topological polar surface area (TPSA) is 414 Å². The van der Waals surface area contributed by atoms with E-state index in [2.05, 4.69) is 119 Å². The minimum absolute atomic E-state index is 0.0983. The van der Waals surface area contributed by atoms with Gasteiger partial charge >= 0.3 is 0 Å². The van der Waals surface area contributed by atoms with Crippen molar-refractivity contribution in [2.24, 2.45) is 0 Å². The average Bonchev–Trinajstić information content (AvgIpc) is 1.66. The number of nitrogens with one attached hydrogen (secondary N) is 5. The number of thiophene rings is 1. The largest absolute Gasteiger partial charge is 0.396 e. The number of ether oxygens (including phenoxy) is 1. The summed E-state index contributed by atoms with van der Waals surface area (Å²) >= 11 is 1.61. The lowest BCUT2D eigenvalue weighted by Gasteiger charge is -2.12. The predicted octanol–water partition coefficient (Wildman–Crippen LogP) is 16.4. The first kappa shape index (κ1) is 103. The van der Waals surface area contributed by atoms with Gasteiger partial charge in [0, 0.05) is 124 Å². The van der Waals surface area contributed by atoms with Gasteiger partial charge in [0.25, 0.3) is 29.5 Å². The Morgan fingerprint density at radius 3 is 1.06 bits per heavy atom. The van der Waals surface area contributed by atoms with Gasteiger partial charge in [0.1, 0.15) is 35.7 Å². The Labute approximate surface area is 825 Å². The maximum atomic E-state index is 11.3. The minimum atomic E-state index is -0.594. The number of nitrogens with zero attached hydrogens (tertiary/aromatic N) is 13. The third-order valence-corrected chi connectivity index (χ3v) is 23.5. The molecule has 0 bridgehead atoms. The van der Waals surface area contributed by atoms with E-state index in [1.165, 1.54) is 47.1 Å². The molecule has 0 aliphatic heterocycles. The molecule has 0 atom stereocenters.